The quantitative estimate of drug-likeness (QED) is 0.0719. The summed E-state index contributed by atoms with van der Waals surface area (Å²) in [7, 11) is 0. The molecule has 0 aliphatic heterocycles. The number of carboxylic acids is 1. The van der Waals surface area contributed by atoms with Crippen LogP contribution in [0.4, 0.5) is 0 Å². The summed E-state index contributed by atoms with van der Waals surface area (Å²) in [6.45, 7) is 10.9. The maximum atomic E-state index is 11.8. The summed E-state index contributed by atoms with van der Waals surface area (Å²) in [5.41, 5.74) is 21.2. The molecule has 0 saturated carbocycles. The number of carbonyl (C=O) groups is 6. The highest BCUT2D eigenvalue weighted by Crippen LogP contribution is 2.06. The Morgan fingerprint density at radius 3 is 1.55 bits per heavy atom. The van der Waals surface area contributed by atoms with Crippen LogP contribution in [0.3, 0.4) is 0 Å². The first-order valence-corrected chi connectivity index (χ1v) is 13.6. The highest BCUT2D eigenvalue weighted by atomic mass is 16.5. The molecule has 4 atom stereocenters. The van der Waals surface area contributed by atoms with Gasteiger partial charge in [0.2, 0.25) is 5.91 Å². The van der Waals surface area contributed by atoms with Gasteiger partial charge < -0.3 is 25.6 Å². The van der Waals surface area contributed by atoms with E-state index in [1.807, 2.05) is 0 Å². The number of hydrogen-bond donors (Lipinski definition) is 3. The molecule has 1 amide bonds. The Balaban J connectivity index is -0.000000295. The lowest BCUT2D eigenvalue weighted by Gasteiger charge is -2.14. The molecule has 17 nitrogen and oxygen atoms in total. The van der Waals surface area contributed by atoms with E-state index in [9.17, 15) is 28.8 Å². The lowest BCUT2D eigenvalue weighted by atomic mass is 9.98. The second-order valence-corrected chi connectivity index (χ2v) is 9.47. The molecule has 0 spiro atoms. The molecule has 0 aromatic heterocycles. The highest BCUT2D eigenvalue weighted by molar-refractivity contribution is 5.92. The number of ketones is 4. The maximum absolute atomic E-state index is 11.8. The Labute approximate surface area is 258 Å². The van der Waals surface area contributed by atoms with Crippen molar-refractivity contribution in [3.63, 3.8) is 0 Å². The average Bonchev–Trinajstić information content (AvgIpc) is 2.92. The minimum Gasteiger partial charge on any atom is -0.481 e. The van der Waals surface area contributed by atoms with Crippen LogP contribution in [0.5, 0.6) is 0 Å². The first-order valence-electron chi connectivity index (χ1n) is 13.6. The number of hydrogen-bond acceptors (Lipinski definition) is 11. The van der Waals surface area contributed by atoms with E-state index in [2.05, 4.69) is 25.4 Å². The van der Waals surface area contributed by atoms with Gasteiger partial charge in [0.05, 0.1) is 44.9 Å². The predicted octanol–water partition coefficient (Wildman–Crippen LogP) is 3.33. The summed E-state index contributed by atoms with van der Waals surface area (Å²) < 4.78 is 9.89. The standard InChI is InChI=1S/C13H22N4O4.C8H15NO2.C5H9N3O3.CH4/c1-9(11(3)18)8-12(19)10(2)16-13(20)4-6-21-7-5-15-17-14;1-5(7(3)10)4-8(11)6(2)9;6-8-7-2-4-11-3-1-5(9)10;/h9-10H,4-8H2,1-3H3,(H,16,20);5-6H,4,9H2,1-3H3;1-4H2,(H,9,10);1H4. The second-order valence-electron chi connectivity index (χ2n) is 9.47. The van der Waals surface area contributed by atoms with Crippen LogP contribution in [0.2, 0.25) is 0 Å². The molecule has 0 fully saturated rings. The van der Waals surface area contributed by atoms with Gasteiger partial charge in [-0.05, 0) is 38.8 Å². The Hall–Kier alpha value is -3.88. The third kappa shape index (κ3) is 32.6. The Morgan fingerprint density at radius 2 is 1.18 bits per heavy atom. The number of Topliss-reactive ketones (excluding diaryl/α,β-unsaturated/α-hetero) is 4. The van der Waals surface area contributed by atoms with Crippen molar-refractivity contribution in [2.24, 2.45) is 27.8 Å². The number of ether oxygens (including phenoxy) is 2. The van der Waals surface area contributed by atoms with Crippen molar-refractivity contribution in [2.75, 3.05) is 39.5 Å². The SMILES string of the molecule is C.CC(=O)C(C)CC(=O)C(C)N.CC(=O)C(C)CC(=O)C(C)NC(=O)CCOCCN=[N+]=[N-].[N-]=[N+]=NCCOCCC(=O)O. The molecule has 0 heterocycles. The average molecular weight is 631 g/mol. The number of nitrogens with one attached hydrogen (secondary N) is 1. The van der Waals surface area contributed by atoms with Gasteiger partial charge in [-0.15, -0.1) is 0 Å². The number of carboxylic acid groups (broad SMARTS) is 1. The van der Waals surface area contributed by atoms with E-state index in [1.165, 1.54) is 13.8 Å². The number of nitrogens with two attached hydrogens (primary N) is 1. The minimum atomic E-state index is -0.895. The van der Waals surface area contributed by atoms with Crippen LogP contribution < -0.4 is 11.1 Å². The summed E-state index contributed by atoms with van der Waals surface area (Å²) in [5, 5.41) is 17.2. The monoisotopic (exact) mass is 630 g/mol. The van der Waals surface area contributed by atoms with Crippen LogP contribution in [0.1, 0.15) is 74.7 Å². The molecule has 0 saturated heterocycles. The molecule has 17 heteroatoms. The fourth-order valence-electron chi connectivity index (χ4n) is 2.48. The molecule has 0 aliphatic rings. The number of carbonyl (C=O) groups excluding carboxylic acids is 5. The Kier molecular flexibility index (Phi) is 32.7. The van der Waals surface area contributed by atoms with Crippen molar-refractivity contribution < 1.29 is 43.3 Å². The zero-order valence-electron chi connectivity index (χ0n) is 25.9. The van der Waals surface area contributed by atoms with Crippen molar-refractivity contribution in [3.8, 4) is 0 Å². The van der Waals surface area contributed by atoms with Gasteiger partial charge in [0.15, 0.2) is 5.78 Å². The third-order valence-electron chi connectivity index (χ3n) is 5.50. The summed E-state index contributed by atoms with van der Waals surface area (Å²) >= 11 is 0. The molecule has 44 heavy (non-hydrogen) atoms. The van der Waals surface area contributed by atoms with Gasteiger partial charge in [0, 0.05) is 54.0 Å². The Bertz CT molecular complexity index is 974. The molecule has 0 radical (unpaired) electrons. The van der Waals surface area contributed by atoms with Crippen LogP contribution in [0.15, 0.2) is 10.2 Å². The topological polar surface area (TPSA) is 277 Å². The van der Waals surface area contributed by atoms with Gasteiger partial charge >= 0.3 is 5.97 Å². The van der Waals surface area contributed by atoms with E-state index in [1.54, 1.807) is 27.7 Å². The fraction of sp³-hybridized carbons (Fsp3) is 0.778. The fourth-order valence-corrected chi connectivity index (χ4v) is 2.48. The van der Waals surface area contributed by atoms with E-state index in [-0.39, 0.29) is 114 Å². The molecule has 4 N–H and O–H groups in total. The minimum absolute atomic E-state index is 0. The van der Waals surface area contributed by atoms with Gasteiger partial charge in [0.1, 0.15) is 17.3 Å². The first kappa shape index (κ1) is 47.1. The lowest BCUT2D eigenvalue weighted by molar-refractivity contribution is -0.138. The van der Waals surface area contributed by atoms with Crippen LogP contribution in [0.25, 0.3) is 20.9 Å². The van der Waals surface area contributed by atoms with Crippen molar-refractivity contribution in [3.05, 3.63) is 20.9 Å². The summed E-state index contributed by atoms with van der Waals surface area (Å²) in [5.74, 6) is -1.93. The lowest BCUT2D eigenvalue weighted by Crippen LogP contribution is -2.39. The zero-order chi connectivity index (χ0) is 33.8. The molecule has 252 valence electrons. The van der Waals surface area contributed by atoms with E-state index in [4.69, 9.17) is 31.4 Å². The van der Waals surface area contributed by atoms with E-state index >= 15 is 0 Å². The molecular formula is C27H50N8O9. The molecule has 0 aliphatic carbocycles. The van der Waals surface area contributed by atoms with Gasteiger partial charge in [-0.3, -0.25) is 28.8 Å². The highest BCUT2D eigenvalue weighted by Gasteiger charge is 2.20. The smallest absolute Gasteiger partial charge is 0.305 e. The first-order chi connectivity index (χ1) is 20.1. The molecular weight excluding hydrogens is 580 g/mol. The number of rotatable bonds is 21. The van der Waals surface area contributed by atoms with Gasteiger partial charge in [0.25, 0.3) is 0 Å². The van der Waals surface area contributed by atoms with Crippen molar-refractivity contribution >= 4 is 35.0 Å². The predicted molar refractivity (Wildman–Crippen MR) is 163 cm³/mol. The Morgan fingerprint density at radius 1 is 0.773 bits per heavy atom. The largest absolute Gasteiger partial charge is 0.481 e. The molecule has 0 rings (SSSR count). The van der Waals surface area contributed by atoms with E-state index < -0.39 is 18.1 Å². The summed E-state index contributed by atoms with van der Waals surface area (Å²) in [6.07, 6.45) is 0.499. The van der Waals surface area contributed by atoms with Crippen molar-refractivity contribution in [1.82, 2.24) is 5.32 Å². The number of nitrogens with zero attached hydrogens (tertiary/aromatic N) is 6. The van der Waals surface area contributed by atoms with E-state index in [0.29, 0.717) is 0 Å². The number of azide groups is 2. The maximum Gasteiger partial charge on any atom is 0.305 e. The van der Waals surface area contributed by atoms with Crippen LogP contribution in [0, 0.1) is 11.8 Å². The van der Waals surface area contributed by atoms with Crippen LogP contribution >= 0.6 is 0 Å². The third-order valence-corrected chi connectivity index (χ3v) is 5.50. The molecule has 0 aromatic rings. The van der Waals surface area contributed by atoms with Gasteiger partial charge in [-0.2, -0.15) is 0 Å². The van der Waals surface area contributed by atoms with Gasteiger partial charge in [-0.1, -0.05) is 31.5 Å². The van der Waals surface area contributed by atoms with Crippen LogP contribution in [-0.2, 0) is 38.2 Å². The molecule has 4 unspecified atom stereocenters. The molecule has 0 aromatic carbocycles. The summed E-state index contributed by atoms with van der Waals surface area (Å²) in [6, 6.07) is -1.07. The van der Waals surface area contributed by atoms with Crippen molar-refractivity contribution in [2.45, 2.75) is 86.7 Å². The van der Waals surface area contributed by atoms with Gasteiger partial charge in [-0.25, -0.2) is 0 Å². The zero-order valence-corrected chi connectivity index (χ0v) is 25.9. The van der Waals surface area contributed by atoms with Crippen molar-refractivity contribution in [1.29, 1.82) is 0 Å². The summed E-state index contributed by atoms with van der Waals surface area (Å²) in [4.78, 5) is 71.1. The number of amides is 1. The normalized spacial score (nSPS) is 12.2. The molecule has 0 bridgehead atoms. The number of aliphatic carboxylic acids is 1. The second kappa shape index (κ2) is 30.6. The van der Waals surface area contributed by atoms with Crippen LogP contribution in [-0.4, -0.2) is 91.7 Å². The van der Waals surface area contributed by atoms with E-state index in [0.717, 1.165) is 0 Å².